The third kappa shape index (κ3) is 5.40. The molecule has 100 valence electrons. The number of hydrogen-bond acceptors (Lipinski definition) is 5. The number of para-hydroxylation sites is 1. The number of hydrogen-bond donors (Lipinski definition) is 4. The Morgan fingerprint density at radius 1 is 1.05 bits per heavy atom. The highest BCUT2D eigenvalue weighted by Crippen LogP contribution is 2.14. The number of aromatic nitrogens is 1. The molecule has 0 saturated heterocycles. The first-order valence-electron chi connectivity index (χ1n) is 5.59. The van der Waals surface area contributed by atoms with E-state index in [2.05, 4.69) is 10.3 Å². The molecule has 7 N–H and O–H groups in total. The fourth-order valence-electron chi connectivity index (χ4n) is 1.19. The Morgan fingerprint density at radius 3 is 2.11 bits per heavy atom. The van der Waals surface area contributed by atoms with Crippen LogP contribution in [0.3, 0.4) is 0 Å². The summed E-state index contributed by atoms with van der Waals surface area (Å²) in [5.74, 6) is 0.446. The SMILES string of the molecule is CC(=O)Nc1ccc(N)c(N)n1.Nc1ccccc1. The lowest BCUT2D eigenvalue weighted by atomic mass is 10.3. The second-order valence-corrected chi connectivity index (χ2v) is 3.76. The van der Waals surface area contributed by atoms with Crippen LogP contribution in [0, 0.1) is 0 Å². The third-order valence-corrected chi connectivity index (χ3v) is 2.06. The standard InChI is InChI=1S/C7H10N4O.C6H7N/c1-4(12)10-6-3-2-5(8)7(9)11-6;7-6-4-2-1-3-5-6/h2-3H,8H2,1H3,(H3,9,10,11,12);1-5H,7H2. The maximum Gasteiger partial charge on any atom is 0.222 e. The van der Waals surface area contributed by atoms with Gasteiger partial charge in [-0.05, 0) is 24.3 Å². The van der Waals surface area contributed by atoms with Crippen LogP contribution in [0.5, 0.6) is 0 Å². The van der Waals surface area contributed by atoms with Gasteiger partial charge in [0.1, 0.15) is 11.6 Å². The first-order valence-corrected chi connectivity index (χ1v) is 5.59. The van der Waals surface area contributed by atoms with Crippen LogP contribution in [0.2, 0.25) is 0 Å². The Labute approximate surface area is 111 Å². The number of pyridine rings is 1. The van der Waals surface area contributed by atoms with Gasteiger partial charge in [0.25, 0.3) is 0 Å². The van der Waals surface area contributed by atoms with E-state index >= 15 is 0 Å². The highest BCUT2D eigenvalue weighted by Gasteiger charge is 1.99. The van der Waals surface area contributed by atoms with Gasteiger partial charge in [-0.25, -0.2) is 4.98 Å². The van der Waals surface area contributed by atoms with E-state index in [4.69, 9.17) is 17.2 Å². The lowest BCUT2D eigenvalue weighted by Crippen LogP contribution is -2.09. The van der Waals surface area contributed by atoms with E-state index in [1.165, 1.54) is 6.92 Å². The molecule has 2 rings (SSSR count). The molecule has 0 fully saturated rings. The number of anilines is 4. The summed E-state index contributed by atoms with van der Waals surface area (Å²) in [7, 11) is 0. The van der Waals surface area contributed by atoms with Gasteiger partial charge in [0.05, 0.1) is 5.69 Å². The highest BCUT2D eigenvalue weighted by molar-refractivity contribution is 5.88. The van der Waals surface area contributed by atoms with Crippen molar-refractivity contribution >= 4 is 28.9 Å². The quantitative estimate of drug-likeness (QED) is 0.578. The molecule has 1 aromatic heterocycles. The lowest BCUT2D eigenvalue weighted by Gasteiger charge is -2.03. The molecule has 0 radical (unpaired) electrons. The fraction of sp³-hybridized carbons (Fsp3) is 0.0769. The molecule has 19 heavy (non-hydrogen) atoms. The molecule has 0 atom stereocenters. The zero-order chi connectivity index (χ0) is 14.3. The first kappa shape index (κ1) is 14.3. The summed E-state index contributed by atoms with van der Waals surface area (Å²) >= 11 is 0. The average Bonchev–Trinajstić information content (AvgIpc) is 2.35. The first-order chi connectivity index (χ1) is 8.99. The number of rotatable bonds is 1. The molecular weight excluding hydrogens is 242 g/mol. The van der Waals surface area contributed by atoms with Gasteiger partial charge >= 0.3 is 0 Å². The largest absolute Gasteiger partial charge is 0.399 e. The smallest absolute Gasteiger partial charge is 0.222 e. The predicted octanol–water partition coefficient (Wildman–Crippen LogP) is 1.47. The van der Waals surface area contributed by atoms with Gasteiger partial charge in [0, 0.05) is 12.6 Å². The molecule has 0 saturated carbocycles. The maximum absolute atomic E-state index is 10.6. The summed E-state index contributed by atoms with van der Waals surface area (Å²) in [4.78, 5) is 14.4. The van der Waals surface area contributed by atoms with Crippen LogP contribution in [0.15, 0.2) is 42.5 Å². The Kier molecular flexibility index (Phi) is 5.16. The molecule has 6 nitrogen and oxygen atoms in total. The zero-order valence-corrected chi connectivity index (χ0v) is 10.6. The van der Waals surface area contributed by atoms with E-state index in [0.717, 1.165) is 5.69 Å². The molecule has 0 aliphatic rings. The molecule has 0 aliphatic carbocycles. The number of nitrogen functional groups attached to an aromatic ring is 3. The van der Waals surface area contributed by atoms with Crippen molar-refractivity contribution in [3.63, 3.8) is 0 Å². The highest BCUT2D eigenvalue weighted by atomic mass is 16.1. The van der Waals surface area contributed by atoms with Gasteiger partial charge in [-0.2, -0.15) is 0 Å². The van der Waals surface area contributed by atoms with Gasteiger partial charge in [-0.15, -0.1) is 0 Å². The van der Waals surface area contributed by atoms with Crippen molar-refractivity contribution in [3.05, 3.63) is 42.5 Å². The molecule has 1 heterocycles. The van der Waals surface area contributed by atoms with Crippen molar-refractivity contribution < 1.29 is 4.79 Å². The number of benzene rings is 1. The van der Waals surface area contributed by atoms with Gasteiger partial charge in [-0.1, -0.05) is 18.2 Å². The van der Waals surface area contributed by atoms with E-state index < -0.39 is 0 Å². The number of carbonyl (C=O) groups is 1. The number of carbonyl (C=O) groups excluding carboxylic acids is 1. The van der Waals surface area contributed by atoms with Crippen molar-refractivity contribution in [1.29, 1.82) is 0 Å². The molecule has 1 aromatic carbocycles. The normalized spacial score (nSPS) is 9.11. The Bertz CT molecular complexity index is 542. The summed E-state index contributed by atoms with van der Waals surface area (Å²) in [6, 6.07) is 12.7. The lowest BCUT2D eigenvalue weighted by molar-refractivity contribution is -0.114. The van der Waals surface area contributed by atoms with E-state index in [9.17, 15) is 4.79 Å². The Morgan fingerprint density at radius 2 is 1.68 bits per heavy atom. The zero-order valence-electron chi connectivity index (χ0n) is 10.6. The van der Waals surface area contributed by atoms with Crippen LogP contribution in [0.1, 0.15) is 6.92 Å². The van der Waals surface area contributed by atoms with Crippen LogP contribution in [0.4, 0.5) is 23.0 Å². The minimum Gasteiger partial charge on any atom is -0.399 e. The summed E-state index contributed by atoms with van der Waals surface area (Å²) in [6.45, 7) is 1.40. The number of nitrogens with zero attached hydrogens (tertiary/aromatic N) is 1. The van der Waals surface area contributed by atoms with E-state index in [0.29, 0.717) is 11.5 Å². The van der Waals surface area contributed by atoms with Crippen LogP contribution >= 0.6 is 0 Å². The summed E-state index contributed by atoms with van der Waals surface area (Å²) in [5.41, 5.74) is 17.4. The molecule has 0 bridgehead atoms. The van der Waals surface area contributed by atoms with E-state index in [1.54, 1.807) is 12.1 Å². The maximum atomic E-state index is 10.6. The fourth-order valence-corrected chi connectivity index (χ4v) is 1.19. The Balaban J connectivity index is 0.000000218. The molecule has 0 unspecified atom stereocenters. The van der Waals surface area contributed by atoms with Crippen molar-refractivity contribution in [1.82, 2.24) is 4.98 Å². The minimum absolute atomic E-state index is 0.188. The summed E-state index contributed by atoms with van der Waals surface area (Å²) in [5, 5.41) is 2.49. The molecule has 0 aliphatic heterocycles. The van der Waals surface area contributed by atoms with Crippen molar-refractivity contribution in [3.8, 4) is 0 Å². The van der Waals surface area contributed by atoms with E-state index in [1.807, 2.05) is 30.3 Å². The monoisotopic (exact) mass is 259 g/mol. The van der Waals surface area contributed by atoms with Gasteiger partial charge in [0.15, 0.2) is 0 Å². The van der Waals surface area contributed by atoms with Crippen LogP contribution < -0.4 is 22.5 Å². The second kappa shape index (κ2) is 6.85. The topological polar surface area (TPSA) is 120 Å². The Hall–Kier alpha value is -2.76. The van der Waals surface area contributed by atoms with Crippen molar-refractivity contribution in [2.24, 2.45) is 0 Å². The van der Waals surface area contributed by atoms with Crippen LogP contribution in [0.25, 0.3) is 0 Å². The molecule has 6 heteroatoms. The number of nitrogens with two attached hydrogens (primary N) is 3. The molecule has 2 aromatic rings. The van der Waals surface area contributed by atoms with Gasteiger partial charge < -0.3 is 22.5 Å². The number of nitrogens with one attached hydrogen (secondary N) is 1. The molecular formula is C13H17N5O. The average molecular weight is 259 g/mol. The second-order valence-electron chi connectivity index (χ2n) is 3.76. The molecule has 0 spiro atoms. The van der Waals surface area contributed by atoms with Crippen LogP contribution in [-0.4, -0.2) is 10.9 Å². The summed E-state index contributed by atoms with van der Waals surface area (Å²) in [6.07, 6.45) is 0. The van der Waals surface area contributed by atoms with Crippen molar-refractivity contribution in [2.75, 3.05) is 22.5 Å². The van der Waals surface area contributed by atoms with Crippen molar-refractivity contribution in [2.45, 2.75) is 6.92 Å². The minimum atomic E-state index is -0.188. The summed E-state index contributed by atoms with van der Waals surface area (Å²) < 4.78 is 0. The van der Waals surface area contributed by atoms with Gasteiger partial charge in [-0.3, -0.25) is 4.79 Å². The number of amides is 1. The van der Waals surface area contributed by atoms with Gasteiger partial charge in [0.2, 0.25) is 5.91 Å². The predicted molar refractivity (Wildman–Crippen MR) is 78.2 cm³/mol. The third-order valence-electron chi connectivity index (χ3n) is 2.06. The van der Waals surface area contributed by atoms with E-state index in [-0.39, 0.29) is 11.7 Å². The molecule has 1 amide bonds. The van der Waals surface area contributed by atoms with Crippen LogP contribution in [-0.2, 0) is 4.79 Å².